The van der Waals surface area contributed by atoms with Crippen molar-refractivity contribution in [3.05, 3.63) is 42.2 Å². The zero-order chi connectivity index (χ0) is 21.3. The zero-order valence-corrected chi connectivity index (χ0v) is 18.7. The van der Waals surface area contributed by atoms with E-state index in [-0.39, 0.29) is 10.3 Å². The van der Waals surface area contributed by atoms with E-state index in [2.05, 4.69) is 31.5 Å². The van der Waals surface area contributed by atoms with Gasteiger partial charge >= 0.3 is 0 Å². The highest BCUT2D eigenvalue weighted by Crippen LogP contribution is 2.39. The number of fused-ring (bicyclic) bond motifs is 1. The molecule has 0 radical (unpaired) electrons. The van der Waals surface area contributed by atoms with Crippen molar-refractivity contribution in [1.82, 2.24) is 20.1 Å². The molecule has 3 aliphatic rings. The standard InChI is InChI=1S/C23H31N5O2S/c29-31(30,21-7-2-1-3-8-21)23-10-9-22(26-27-23)25-20-12-17-14-28(15-18(17)13-20)16-19-6-4-5-11-24-19/h4-6,9-11,17-18,20-21H,1-3,7-8,12-16H2,(H,25,26)/t17-,18-/m1/s1. The van der Waals surface area contributed by atoms with E-state index in [4.69, 9.17) is 0 Å². The number of aromatic nitrogens is 3. The average Bonchev–Trinajstić information content (AvgIpc) is 3.33. The molecule has 8 heteroatoms. The van der Waals surface area contributed by atoms with Crippen LogP contribution in [0.25, 0.3) is 0 Å². The molecule has 5 rings (SSSR count). The van der Waals surface area contributed by atoms with Crippen LogP contribution in [0, 0.1) is 11.8 Å². The second kappa shape index (κ2) is 8.82. The third-order valence-electron chi connectivity index (χ3n) is 7.21. The van der Waals surface area contributed by atoms with Gasteiger partial charge in [0.1, 0.15) is 5.82 Å². The third-order valence-corrected chi connectivity index (χ3v) is 9.36. The van der Waals surface area contributed by atoms with Crippen LogP contribution in [0.15, 0.2) is 41.6 Å². The molecule has 166 valence electrons. The average molecular weight is 442 g/mol. The Kier molecular flexibility index (Phi) is 5.93. The van der Waals surface area contributed by atoms with Crippen molar-refractivity contribution in [2.75, 3.05) is 18.4 Å². The van der Waals surface area contributed by atoms with Crippen molar-refractivity contribution in [2.45, 2.75) is 67.8 Å². The molecular formula is C23H31N5O2S. The van der Waals surface area contributed by atoms with Gasteiger partial charge in [-0.2, -0.15) is 0 Å². The molecule has 0 amide bonds. The Morgan fingerprint density at radius 1 is 0.968 bits per heavy atom. The van der Waals surface area contributed by atoms with E-state index in [9.17, 15) is 8.42 Å². The Labute approximate surface area is 184 Å². The molecule has 2 saturated carbocycles. The molecule has 7 nitrogen and oxygen atoms in total. The predicted molar refractivity (Wildman–Crippen MR) is 119 cm³/mol. The molecular weight excluding hydrogens is 410 g/mol. The van der Waals surface area contributed by atoms with Crippen LogP contribution in [0.5, 0.6) is 0 Å². The summed E-state index contributed by atoms with van der Waals surface area (Å²) < 4.78 is 25.6. The van der Waals surface area contributed by atoms with Gasteiger partial charge in [0, 0.05) is 31.9 Å². The van der Waals surface area contributed by atoms with Gasteiger partial charge in [-0.05, 0) is 61.8 Å². The Bertz CT molecular complexity index is 963. The molecule has 2 atom stereocenters. The number of anilines is 1. The molecule has 0 aromatic carbocycles. The summed E-state index contributed by atoms with van der Waals surface area (Å²) in [5, 5.41) is 11.6. The fraction of sp³-hybridized carbons (Fsp3) is 0.609. The lowest BCUT2D eigenvalue weighted by atomic mass is 10.0. The highest BCUT2D eigenvalue weighted by Gasteiger charge is 2.41. The van der Waals surface area contributed by atoms with Crippen LogP contribution < -0.4 is 5.32 Å². The van der Waals surface area contributed by atoms with E-state index in [1.165, 1.54) is 0 Å². The number of nitrogens with zero attached hydrogens (tertiary/aromatic N) is 4. The minimum Gasteiger partial charge on any atom is -0.366 e. The summed E-state index contributed by atoms with van der Waals surface area (Å²) in [4.78, 5) is 6.96. The van der Waals surface area contributed by atoms with Crippen LogP contribution in [0.4, 0.5) is 5.82 Å². The summed E-state index contributed by atoms with van der Waals surface area (Å²) in [7, 11) is -3.36. The first kappa shape index (κ1) is 20.8. The van der Waals surface area contributed by atoms with Gasteiger partial charge in [0.05, 0.1) is 10.9 Å². The lowest BCUT2D eigenvalue weighted by Gasteiger charge is -2.21. The van der Waals surface area contributed by atoms with Crippen molar-refractivity contribution in [3.63, 3.8) is 0 Å². The maximum Gasteiger partial charge on any atom is 0.200 e. The lowest BCUT2D eigenvalue weighted by Crippen LogP contribution is -2.26. The van der Waals surface area contributed by atoms with Gasteiger partial charge in [-0.3, -0.25) is 9.88 Å². The topological polar surface area (TPSA) is 88.1 Å². The third kappa shape index (κ3) is 4.60. The number of rotatable bonds is 6. The fourth-order valence-electron chi connectivity index (χ4n) is 5.67. The van der Waals surface area contributed by atoms with Crippen molar-refractivity contribution < 1.29 is 8.42 Å². The molecule has 31 heavy (non-hydrogen) atoms. The van der Waals surface area contributed by atoms with E-state index < -0.39 is 9.84 Å². The number of hydrogen-bond donors (Lipinski definition) is 1. The van der Waals surface area contributed by atoms with Crippen molar-refractivity contribution in [2.24, 2.45) is 11.8 Å². The van der Waals surface area contributed by atoms with Gasteiger partial charge in [0.15, 0.2) is 14.9 Å². The van der Waals surface area contributed by atoms with Gasteiger partial charge in [-0.15, -0.1) is 10.2 Å². The zero-order valence-electron chi connectivity index (χ0n) is 17.9. The first-order chi connectivity index (χ1) is 15.1. The molecule has 1 aliphatic heterocycles. The molecule has 0 bridgehead atoms. The maximum atomic E-state index is 12.8. The molecule has 2 aliphatic carbocycles. The van der Waals surface area contributed by atoms with Crippen LogP contribution in [-0.4, -0.2) is 52.9 Å². The molecule has 2 aromatic heterocycles. The molecule has 3 heterocycles. The Balaban J connectivity index is 1.14. The van der Waals surface area contributed by atoms with Crippen molar-refractivity contribution in [3.8, 4) is 0 Å². The van der Waals surface area contributed by atoms with Gasteiger partial charge in [0.2, 0.25) is 0 Å². The summed E-state index contributed by atoms with van der Waals surface area (Å²) in [6.45, 7) is 3.15. The summed E-state index contributed by atoms with van der Waals surface area (Å²) in [5.74, 6) is 2.07. The Morgan fingerprint density at radius 3 is 2.39 bits per heavy atom. The smallest absolute Gasteiger partial charge is 0.200 e. The van der Waals surface area contributed by atoms with Gasteiger partial charge in [-0.1, -0.05) is 25.3 Å². The number of pyridine rings is 1. The monoisotopic (exact) mass is 441 g/mol. The number of nitrogens with one attached hydrogen (secondary N) is 1. The minimum absolute atomic E-state index is 0.124. The van der Waals surface area contributed by atoms with E-state index in [0.29, 0.717) is 23.7 Å². The normalized spacial score (nSPS) is 25.5. The van der Waals surface area contributed by atoms with Crippen LogP contribution >= 0.6 is 0 Å². The lowest BCUT2D eigenvalue weighted by molar-refractivity contribution is 0.297. The predicted octanol–water partition coefficient (Wildman–Crippen LogP) is 3.30. The molecule has 0 spiro atoms. The molecule has 1 N–H and O–H groups in total. The van der Waals surface area contributed by atoms with Crippen molar-refractivity contribution in [1.29, 1.82) is 0 Å². The van der Waals surface area contributed by atoms with E-state index in [0.717, 1.165) is 70.3 Å². The molecule has 1 saturated heterocycles. The van der Waals surface area contributed by atoms with Gasteiger partial charge in [-0.25, -0.2) is 8.42 Å². The quantitative estimate of drug-likeness (QED) is 0.736. The van der Waals surface area contributed by atoms with Gasteiger partial charge < -0.3 is 5.32 Å². The van der Waals surface area contributed by atoms with Crippen molar-refractivity contribution >= 4 is 15.7 Å². The first-order valence-electron chi connectivity index (χ1n) is 11.5. The first-order valence-corrected chi connectivity index (χ1v) is 13.1. The van der Waals surface area contributed by atoms with Gasteiger partial charge in [0.25, 0.3) is 0 Å². The largest absolute Gasteiger partial charge is 0.366 e. The number of sulfone groups is 1. The summed E-state index contributed by atoms with van der Waals surface area (Å²) in [6.07, 6.45) is 8.68. The highest BCUT2D eigenvalue weighted by atomic mass is 32.2. The van der Waals surface area contributed by atoms with Crippen LogP contribution in [0.3, 0.4) is 0 Å². The van der Waals surface area contributed by atoms with E-state index >= 15 is 0 Å². The van der Waals surface area contributed by atoms with Crippen LogP contribution in [0.2, 0.25) is 0 Å². The summed E-state index contributed by atoms with van der Waals surface area (Å²) in [6, 6.07) is 9.89. The number of likely N-dealkylation sites (tertiary alicyclic amines) is 1. The Hall–Kier alpha value is -2.06. The molecule has 3 fully saturated rings. The fourth-order valence-corrected chi connectivity index (χ4v) is 7.38. The SMILES string of the molecule is O=S(=O)(c1ccc(NC2C[C@@H]3CN(Cc4ccccn4)C[C@H]3C2)nn1)C1CCCCC1. The minimum atomic E-state index is -3.36. The second-order valence-corrected chi connectivity index (χ2v) is 11.6. The molecule has 2 aromatic rings. The highest BCUT2D eigenvalue weighted by molar-refractivity contribution is 7.92. The second-order valence-electron chi connectivity index (χ2n) is 9.41. The van der Waals surface area contributed by atoms with Crippen LogP contribution in [-0.2, 0) is 16.4 Å². The van der Waals surface area contributed by atoms with E-state index in [1.807, 2.05) is 18.3 Å². The maximum absolute atomic E-state index is 12.8. The van der Waals surface area contributed by atoms with Crippen LogP contribution in [0.1, 0.15) is 50.6 Å². The Morgan fingerprint density at radius 2 is 1.74 bits per heavy atom. The van der Waals surface area contributed by atoms with E-state index in [1.54, 1.807) is 12.1 Å². The summed E-state index contributed by atoms with van der Waals surface area (Å²) in [5.41, 5.74) is 1.13. The summed E-state index contributed by atoms with van der Waals surface area (Å²) >= 11 is 0. The molecule has 0 unspecified atom stereocenters. The number of hydrogen-bond acceptors (Lipinski definition) is 7.